The van der Waals surface area contributed by atoms with Gasteiger partial charge in [-0.3, -0.25) is 4.99 Å². The molecule has 2 fully saturated rings. The number of para-hydroxylation sites is 1. The Morgan fingerprint density at radius 3 is 2.71 bits per heavy atom. The fraction of sp³-hybridized carbons (Fsp3) is 0.500. The molecule has 2 aromatic rings. The van der Waals surface area contributed by atoms with Crippen molar-refractivity contribution in [3.8, 4) is 0 Å². The Bertz CT molecular complexity index is 824. The second-order valence-electron chi connectivity index (χ2n) is 7.73. The average Bonchev–Trinajstić information content (AvgIpc) is 3.49. The van der Waals surface area contributed by atoms with Crippen LogP contribution in [0.4, 0.5) is 14.5 Å². The van der Waals surface area contributed by atoms with E-state index in [2.05, 4.69) is 10.6 Å². The van der Waals surface area contributed by atoms with Crippen molar-refractivity contribution in [1.29, 1.82) is 0 Å². The molecule has 2 aliphatic rings. The maximum Gasteiger partial charge on any atom is 0.191 e. The Balaban J connectivity index is 0.00000272. The van der Waals surface area contributed by atoms with Gasteiger partial charge < -0.3 is 24.7 Å². The molecule has 0 spiro atoms. The van der Waals surface area contributed by atoms with E-state index >= 15 is 0 Å². The van der Waals surface area contributed by atoms with E-state index < -0.39 is 11.6 Å². The molecule has 2 N–H and O–H groups in total. The van der Waals surface area contributed by atoms with Gasteiger partial charge in [-0.15, -0.1) is 24.0 Å². The van der Waals surface area contributed by atoms with Gasteiger partial charge in [0.05, 0.1) is 18.9 Å². The molecular weight excluding hydrogens is 517 g/mol. The maximum absolute atomic E-state index is 14.1. The van der Waals surface area contributed by atoms with Crippen LogP contribution in [-0.2, 0) is 11.2 Å². The zero-order chi connectivity index (χ0) is 20.8. The summed E-state index contributed by atoms with van der Waals surface area (Å²) >= 11 is 0. The molecule has 3 heterocycles. The summed E-state index contributed by atoms with van der Waals surface area (Å²) in [6.45, 7) is 3.15. The molecule has 0 radical (unpaired) electrons. The first kappa shape index (κ1) is 23.8. The van der Waals surface area contributed by atoms with Gasteiger partial charge >= 0.3 is 0 Å². The molecule has 170 valence electrons. The minimum Gasteiger partial charge on any atom is -0.469 e. The lowest BCUT2D eigenvalue weighted by atomic mass is 10.2. The summed E-state index contributed by atoms with van der Waals surface area (Å²) in [5, 5.41) is 6.77. The number of ether oxygens (including phenoxy) is 1. The number of aliphatic imine (C=N–C) groups is 1. The van der Waals surface area contributed by atoms with Crippen LogP contribution in [0, 0.1) is 11.6 Å². The van der Waals surface area contributed by atoms with Gasteiger partial charge in [-0.25, -0.2) is 8.78 Å². The molecule has 4 rings (SSSR count). The van der Waals surface area contributed by atoms with Crippen molar-refractivity contribution in [2.75, 3.05) is 37.7 Å². The number of rotatable bonds is 7. The van der Waals surface area contributed by atoms with Crippen molar-refractivity contribution in [1.82, 2.24) is 10.6 Å². The summed E-state index contributed by atoms with van der Waals surface area (Å²) in [6, 6.07) is 7.83. The third-order valence-corrected chi connectivity index (χ3v) is 5.50. The third-order valence-electron chi connectivity index (χ3n) is 5.50. The van der Waals surface area contributed by atoms with Crippen molar-refractivity contribution < 1.29 is 17.9 Å². The van der Waals surface area contributed by atoms with Crippen LogP contribution in [0.15, 0.2) is 46.0 Å². The molecule has 0 aliphatic carbocycles. The van der Waals surface area contributed by atoms with E-state index in [4.69, 9.17) is 14.1 Å². The number of halogens is 3. The van der Waals surface area contributed by atoms with Crippen molar-refractivity contribution in [2.24, 2.45) is 4.99 Å². The van der Waals surface area contributed by atoms with E-state index in [1.807, 2.05) is 12.1 Å². The zero-order valence-corrected chi connectivity index (χ0v) is 19.7. The standard InChI is InChI=1S/C22H28F2N4O2.HI/c23-19-6-1-7-20(24)21(19)28-11-9-16(15-28)27-22(26-14-18-5-3-13-30-18)25-10-8-17-4-2-12-29-17;/h1-2,4,6-7,12,16,18H,3,5,8-11,13-15H2,(H2,25,26,27);1H. The van der Waals surface area contributed by atoms with Gasteiger partial charge in [-0.2, -0.15) is 0 Å². The quantitative estimate of drug-likeness (QED) is 0.315. The Kier molecular flexibility index (Phi) is 8.94. The van der Waals surface area contributed by atoms with Crippen LogP contribution in [0.3, 0.4) is 0 Å². The van der Waals surface area contributed by atoms with Crippen LogP contribution in [0.25, 0.3) is 0 Å². The van der Waals surface area contributed by atoms with Gasteiger partial charge in [0.25, 0.3) is 0 Å². The first-order valence-electron chi connectivity index (χ1n) is 10.6. The van der Waals surface area contributed by atoms with Crippen LogP contribution in [-0.4, -0.2) is 50.9 Å². The normalized spacial score (nSPS) is 21.2. The van der Waals surface area contributed by atoms with Crippen molar-refractivity contribution in [2.45, 2.75) is 37.8 Å². The molecule has 1 aromatic heterocycles. The van der Waals surface area contributed by atoms with Crippen LogP contribution in [0.1, 0.15) is 25.0 Å². The maximum atomic E-state index is 14.1. The van der Waals surface area contributed by atoms with Gasteiger partial charge in [-0.1, -0.05) is 6.07 Å². The molecule has 0 amide bonds. The first-order valence-corrected chi connectivity index (χ1v) is 10.6. The fourth-order valence-corrected chi connectivity index (χ4v) is 3.96. The molecule has 0 saturated carbocycles. The predicted octanol–water partition coefficient (Wildman–Crippen LogP) is 3.71. The molecule has 9 heteroatoms. The Morgan fingerprint density at radius 1 is 1.16 bits per heavy atom. The number of nitrogens with one attached hydrogen (secondary N) is 2. The molecule has 1 aromatic carbocycles. The van der Waals surface area contributed by atoms with Gasteiger partial charge in [0.15, 0.2) is 5.96 Å². The molecule has 0 bridgehead atoms. The Morgan fingerprint density at radius 2 is 2.00 bits per heavy atom. The molecule has 2 aliphatic heterocycles. The minimum atomic E-state index is -0.528. The van der Waals surface area contributed by atoms with E-state index in [0.717, 1.165) is 38.1 Å². The van der Waals surface area contributed by atoms with E-state index in [0.29, 0.717) is 32.1 Å². The van der Waals surface area contributed by atoms with Gasteiger partial charge in [0, 0.05) is 38.7 Å². The molecule has 2 unspecified atom stereocenters. The highest BCUT2D eigenvalue weighted by atomic mass is 127. The van der Waals surface area contributed by atoms with Crippen LogP contribution < -0.4 is 15.5 Å². The van der Waals surface area contributed by atoms with E-state index in [1.165, 1.54) is 18.2 Å². The summed E-state index contributed by atoms with van der Waals surface area (Å²) in [6.07, 6.45) is 5.42. The number of benzene rings is 1. The second-order valence-corrected chi connectivity index (χ2v) is 7.73. The highest BCUT2D eigenvalue weighted by Crippen LogP contribution is 2.26. The fourth-order valence-electron chi connectivity index (χ4n) is 3.96. The molecule has 2 atom stereocenters. The summed E-state index contributed by atoms with van der Waals surface area (Å²) in [7, 11) is 0. The molecule has 6 nitrogen and oxygen atoms in total. The van der Waals surface area contributed by atoms with Gasteiger partial charge in [-0.05, 0) is 43.5 Å². The summed E-state index contributed by atoms with van der Waals surface area (Å²) in [5.41, 5.74) is 0.0467. The van der Waals surface area contributed by atoms with Gasteiger partial charge in [0.1, 0.15) is 23.1 Å². The smallest absolute Gasteiger partial charge is 0.191 e. The lowest BCUT2D eigenvalue weighted by Gasteiger charge is -2.21. The number of hydrogen-bond donors (Lipinski definition) is 2. The lowest BCUT2D eigenvalue weighted by molar-refractivity contribution is 0.117. The van der Waals surface area contributed by atoms with Crippen LogP contribution >= 0.6 is 24.0 Å². The van der Waals surface area contributed by atoms with E-state index in [-0.39, 0.29) is 41.8 Å². The monoisotopic (exact) mass is 546 g/mol. The Labute approximate surface area is 198 Å². The SMILES string of the molecule is Fc1cccc(F)c1N1CCC(NC(=NCC2CCCO2)NCCc2ccco2)C1.I. The third kappa shape index (κ3) is 6.55. The number of guanidine groups is 1. The predicted molar refractivity (Wildman–Crippen MR) is 127 cm³/mol. The number of furan rings is 1. The van der Waals surface area contributed by atoms with Crippen molar-refractivity contribution >= 4 is 35.6 Å². The van der Waals surface area contributed by atoms with Crippen LogP contribution in [0.2, 0.25) is 0 Å². The van der Waals surface area contributed by atoms with Crippen LogP contribution in [0.5, 0.6) is 0 Å². The highest BCUT2D eigenvalue weighted by Gasteiger charge is 2.27. The zero-order valence-electron chi connectivity index (χ0n) is 17.4. The Hall–Kier alpha value is -1.88. The molecule has 2 saturated heterocycles. The number of anilines is 1. The topological polar surface area (TPSA) is 62.0 Å². The summed E-state index contributed by atoms with van der Waals surface area (Å²) < 4.78 is 39.3. The first-order chi connectivity index (χ1) is 14.7. The largest absolute Gasteiger partial charge is 0.469 e. The molecular formula is C22H29F2IN4O2. The van der Waals surface area contributed by atoms with E-state index in [1.54, 1.807) is 11.2 Å². The summed E-state index contributed by atoms with van der Waals surface area (Å²) in [5.74, 6) is 0.542. The molecule has 31 heavy (non-hydrogen) atoms. The number of nitrogens with zero attached hydrogens (tertiary/aromatic N) is 2. The van der Waals surface area contributed by atoms with Crippen molar-refractivity contribution in [3.63, 3.8) is 0 Å². The number of hydrogen-bond acceptors (Lipinski definition) is 4. The lowest BCUT2D eigenvalue weighted by Crippen LogP contribution is -2.45. The van der Waals surface area contributed by atoms with Crippen molar-refractivity contribution in [3.05, 3.63) is 54.0 Å². The minimum absolute atomic E-state index is 0. The highest BCUT2D eigenvalue weighted by molar-refractivity contribution is 14.0. The van der Waals surface area contributed by atoms with E-state index in [9.17, 15) is 8.78 Å². The average molecular weight is 546 g/mol. The second kappa shape index (κ2) is 11.7. The van der Waals surface area contributed by atoms with Gasteiger partial charge in [0.2, 0.25) is 0 Å². The summed E-state index contributed by atoms with van der Waals surface area (Å²) in [4.78, 5) is 6.45.